The van der Waals surface area contributed by atoms with Crippen molar-refractivity contribution in [3.05, 3.63) is 65.2 Å². The van der Waals surface area contributed by atoms with Crippen LogP contribution in [0.25, 0.3) is 0 Å². The van der Waals surface area contributed by atoms with Crippen molar-refractivity contribution in [3.8, 4) is 0 Å². The van der Waals surface area contributed by atoms with Crippen molar-refractivity contribution in [2.45, 2.75) is 26.4 Å². The van der Waals surface area contributed by atoms with Gasteiger partial charge in [-0.25, -0.2) is 0 Å². The fourth-order valence-electron chi connectivity index (χ4n) is 4.30. The zero-order valence-electron chi connectivity index (χ0n) is 18.4. The number of likely N-dealkylation sites (tertiary alicyclic amines) is 1. The zero-order valence-corrected chi connectivity index (χ0v) is 18.4. The molecule has 1 atom stereocenters. The lowest BCUT2D eigenvalue weighted by Gasteiger charge is -2.29. The van der Waals surface area contributed by atoms with Gasteiger partial charge >= 0.3 is 0 Å². The monoisotopic (exact) mass is 421 g/mol. The number of morpholine rings is 1. The number of ether oxygens (including phenoxy) is 1. The molecule has 2 aromatic rings. The number of anilines is 1. The van der Waals surface area contributed by atoms with E-state index in [1.807, 2.05) is 26.1 Å². The number of rotatable bonds is 6. The van der Waals surface area contributed by atoms with E-state index in [2.05, 4.69) is 41.3 Å². The molecule has 2 aliphatic heterocycles. The third kappa shape index (κ3) is 5.25. The molecule has 6 nitrogen and oxygen atoms in total. The van der Waals surface area contributed by atoms with Crippen molar-refractivity contribution in [1.29, 1.82) is 0 Å². The number of carbonyl (C=O) groups excluding carboxylic acids is 2. The highest BCUT2D eigenvalue weighted by atomic mass is 16.5. The molecule has 2 heterocycles. The third-order valence-corrected chi connectivity index (χ3v) is 6.17. The van der Waals surface area contributed by atoms with Crippen LogP contribution in [-0.2, 0) is 27.4 Å². The van der Waals surface area contributed by atoms with Crippen molar-refractivity contribution in [2.24, 2.45) is 5.92 Å². The van der Waals surface area contributed by atoms with Crippen LogP contribution in [0.4, 0.5) is 5.69 Å². The molecule has 2 aliphatic rings. The van der Waals surface area contributed by atoms with Crippen LogP contribution in [0, 0.1) is 12.8 Å². The van der Waals surface area contributed by atoms with Crippen LogP contribution >= 0.6 is 0 Å². The molecule has 0 aromatic heterocycles. The van der Waals surface area contributed by atoms with E-state index in [9.17, 15) is 9.59 Å². The van der Waals surface area contributed by atoms with Crippen LogP contribution in [0.3, 0.4) is 0 Å². The van der Waals surface area contributed by atoms with Gasteiger partial charge in [-0.2, -0.15) is 0 Å². The first-order valence-corrected chi connectivity index (χ1v) is 11.0. The van der Waals surface area contributed by atoms with E-state index in [-0.39, 0.29) is 17.7 Å². The second-order valence-electron chi connectivity index (χ2n) is 8.62. The van der Waals surface area contributed by atoms with Crippen LogP contribution in [0.1, 0.15) is 23.1 Å². The highest BCUT2D eigenvalue weighted by molar-refractivity contribution is 5.89. The van der Waals surface area contributed by atoms with E-state index in [4.69, 9.17) is 4.74 Å². The second-order valence-corrected chi connectivity index (χ2v) is 8.62. The maximum atomic E-state index is 13.0. The molecular weight excluding hydrogens is 390 g/mol. The molecule has 6 heteroatoms. The molecular formula is C25H31N3O3. The first-order valence-electron chi connectivity index (χ1n) is 11.0. The summed E-state index contributed by atoms with van der Waals surface area (Å²) in [5.74, 6) is -0.172. The molecule has 2 saturated heterocycles. The first-order chi connectivity index (χ1) is 15.0. The maximum absolute atomic E-state index is 13.0. The van der Waals surface area contributed by atoms with Gasteiger partial charge in [0.25, 0.3) is 0 Å². The molecule has 0 saturated carbocycles. The predicted octanol–water partition coefficient (Wildman–Crippen LogP) is 2.84. The molecule has 2 aromatic carbocycles. The summed E-state index contributed by atoms with van der Waals surface area (Å²) >= 11 is 0. The Bertz CT molecular complexity index is 905. The highest BCUT2D eigenvalue weighted by Crippen LogP contribution is 2.23. The van der Waals surface area contributed by atoms with Gasteiger partial charge in [-0.1, -0.05) is 42.0 Å². The topological polar surface area (TPSA) is 53.1 Å². The number of hydrogen-bond acceptors (Lipinski definition) is 4. The molecule has 1 unspecified atom stereocenters. The van der Waals surface area contributed by atoms with Crippen molar-refractivity contribution >= 4 is 17.5 Å². The lowest BCUT2D eigenvalue weighted by Crippen LogP contribution is -2.36. The lowest BCUT2D eigenvalue weighted by atomic mass is 10.1. The summed E-state index contributed by atoms with van der Waals surface area (Å²) in [6.07, 6.45) is 0.297. The summed E-state index contributed by atoms with van der Waals surface area (Å²) in [7, 11) is 1.82. The van der Waals surface area contributed by atoms with E-state index in [1.54, 1.807) is 9.80 Å². The molecule has 31 heavy (non-hydrogen) atoms. The minimum atomic E-state index is -0.268. The summed E-state index contributed by atoms with van der Waals surface area (Å²) < 4.78 is 5.41. The Labute approximate surface area is 184 Å². The summed E-state index contributed by atoms with van der Waals surface area (Å²) in [6, 6.07) is 16.6. The maximum Gasteiger partial charge on any atom is 0.228 e. The van der Waals surface area contributed by atoms with Gasteiger partial charge < -0.3 is 19.4 Å². The fourth-order valence-corrected chi connectivity index (χ4v) is 4.30. The predicted molar refractivity (Wildman–Crippen MR) is 121 cm³/mol. The standard InChI is InChI=1S/C25H31N3O3/c1-19-3-5-21(6-4-19)17-28-18-22(15-24(28)29)25(30)26(2)16-20-7-9-23(10-8-20)27-11-13-31-14-12-27/h3-10,22H,11-18H2,1-2H3. The van der Waals surface area contributed by atoms with Crippen molar-refractivity contribution < 1.29 is 14.3 Å². The Morgan fingerprint density at radius 3 is 2.35 bits per heavy atom. The Kier molecular flexibility index (Phi) is 6.56. The normalized spacial score (nSPS) is 19.0. The SMILES string of the molecule is Cc1ccc(CN2CC(C(=O)N(C)Cc3ccc(N4CCOCC4)cc3)CC2=O)cc1. The van der Waals surface area contributed by atoms with E-state index >= 15 is 0 Å². The highest BCUT2D eigenvalue weighted by Gasteiger charge is 2.35. The van der Waals surface area contributed by atoms with Crippen LogP contribution < -0.4 is 4.90 Å². The van der Waals surface area contributed by atoms with Gasteiger partial charge in [0, 0.05) is 51.9 Å². The van der Waals surface area contributed by atoms with E-state index in [0.29, 0.717) is 26.1 Å². The molecule has 0 N–H and O–H groups in total. The van der Waals surface area contributed by atoms with Gasteiger partial charge in [0.15, 0.2) is 0 Å². The van der Waals surface area contributed by atoms with Crippen LogP contribution in [0.15, 0.2) is 48.5 Å². The summed E-state index contributed by atoms with van der Waals surface area (Å²) in [4.78, 5) is 31.3. The quantitative estimate of drug-likeness (QED) is 0.720. The smallest absolute Gasteiger partial charge is 0.228 e. The summed E-state index contributed by atoms with van der Waals surface area (Å²) in [6.45, 7) is 7.00. The molecule has 0 spiro atoms. The lowest BCUT2D eigenvalue weighted by molar-refractivity contribution is -0.135. The number of carbonyl (C=O) groups is 2. The van der Waals surface area contributed by atoms with Gasteiger partial charge in [0.2, 0.25) is 11.8 Å². The van der Waals surface area contributed by atoms with Crippen molar-refractivity contribution in [1.82, 2.24) is 9.80 Å². The van der Waals surface area contributed by atoms with Crippen molar-refractivity contribution in [3.63, 3.8) is 0 Å². The summed E-state index contributed by atoms with van der Waals surface area (Å²) in [5, 5.41) is 0. The van der Waals surface area contributed by atoms with E-state index < -0.39 is 0 Å². The average Bonchev–Trinajstić information content (AvgIpc) is 3.16. The number of aryl methyl sites for hydroxylation is 1. The molecule has 2 amide bonds. The number of hydrogen-bond donors (Lipinski definition) is 0. The van der Waals surface area contributed by atoms with Crippen LogP contribution in [0.2, 0.25) is 0 Å². The molecule has 2 fully saturated rings. The van der Waals surface area contributed by atoms with Crippen molar-refractivity contribution in [2.75, 3.05) is 44.8 Å². The fraction of sp³-hybridized carbons (Fsp3) is 0.440. The Hall–Kier alpha value is -2.86. The zero-order chi connectivity index (χ0) is 21.8. The first kappa shape index (κ1) is 21.4. The largest absolute Gasteiger partial charge is 0.378 e. The Balaban J connectivity index is 1.31. The van der Waals surface area contributed by atoms with E-state index in [0.717, 1.165) is 37.4 Å². The minimum absolute atomic E-state index is 0.0389. The van der Waals surface area contributed by atoms with E-state index in [1.165, 1.54) is 11.3 Å². The Morgan fingerprint density at radius 2 is 1.68 bits per heavy atom. The number of benzene rings is 2. The minimum Gasteiger partial charge on any atom is -0.378 e. The average molecular weight is 422 g/mol. The molecule has 4 rings (SSSR count). The summed E-state index contributed by atoms with van der Waals surface area (Å²) in [5.41, 5.74) is 4.58. The molecule has 0 bridgehead atoms. The van der Waals surface area contributed by atoms with Crippen LogP contribution in [-0.4, -0.2) is 61.5 Å². The van der Waals surface area contributed by atoms with Gasteiger partial charge in [-0.15, -0.1) is 0 Å². The van der Waals surface area contributed by atoms with Crippen LogP contribution in [0.5, 0.6) is 0 Å². The molecule has 0 radical (unpaired) electrons. The third-order valence-electron chi connectivity index (χ3n) is 6.17. The number of nitrogens with zero attached hydrogens (tertiary/aromatic N) is 3. The Morgan fingerprint density at radius 1 is 1.03 bits per heavy atom. The molecule has 0 aliphatic carbocycles. The number of amides is 2. The second kappa shape index (κ2) is 9.52. The van der Waals surface area contributed by atoms with Gasteiger partial charge in [-0.05, 0) is 30.2 Å². The van der Waals surface area contributed by atoms with Gasteiger partial charge in [0.1, 0.15) is 0 Å². The molecule has 164 valence electrons. The van der Waals surface area contributed by atoms with Gasteiger partial charge in [-0.3, -0.25) is 9.59 Å². The van der Waals surface area contributed by atoms with Gasteiger partial charge in [0.05, 0.1) is 19.1 Å².